The van der Waals surface area contributed by atoms with Crippen molar-refractivity contribution >= 4 is 5.82 Å². The van der Waals surface area contributed by atoms with E-state index in [1.165, 1.54) is 0 Å². The molecule has 1 aromatic carbocycles. The third kappa shape index (κ3) is 3.79. The Balaban J connectivity index is 2.47. The van der Waals surface area contributed by atoms with Crippen LogP contribution in [0.3, 0.4) is 0 Å². The van der Waals surface area contributed by atoms with Crippen molar-refractivity contribution in [2.24, 2.45) is 0 Å². The van der Waals surface area contributed by atoms with Gasteiger partial charge in [0.2, 0.25) is 0 Å². The molecule has 1 N–H and O–H groups in total. The summed E-state index contributed by atoms with van der Waals surface area (Å²) in [5.41, 5.74) is 1.46. The van der Waals surface area contributed by atoms with Crippen molar-refractivity contribution in [3.63, 3.8) is 0 Å². The van der Waals surface area contributed by atoms with E-state index in [4.69, 9.17) is 4.74 Å². The van der Waals surface area contributed by atoms with Crippen molar-refractivity contribution in [3.8, 4) is 11.3 Å². The summed E-state index contributed by atoms with van der Waals surface area (Å²) in [5, 5.41) is 3.33. The lowest BCUT2D eigenvalue weighted by Gasteiger charge is -2.22. The van der Waals surface area contributed by atoms with E-state index in [-0.39, 0.29) is 0 Å². The first-order valence-corrected chi connectivity index (χ1v) is 7.31. The lowest BCUT2D eigenvalue weighted by molar-refractivity contribution is 0.0117. The van der Waals surface area contributed by atoms with E-state index in [1.807, 2.05) is 38.1 Å². The molecule has 1 heterocycles. The minimum absolute atomic E-state index is 0.520. The summed E-state index contributed by atoms with van der Waals surface area (Å²) in [7, 11) is 1.68. The number of nitrogens with one attached hydrogen (secondary N) is 1. The van der Waals surface area contributed by atoms with Crippen LogP contribution in [0.1, 0.15) is 33.0 Å². The molecule has 1 aromatic heterocycles. The number of ether oxygens (including phenoxy) is 1. The number of nitrogens with zero attached hydrogens (tertiary/aromatic N) is 2. The lowest BCUT2D eigenvalue weighted by Crippen LogP contribution is -2.24. The Morgan fingerprint density at radius 1 is 1.14 bits per heavy atom. The first-order chi connectivity index (χ1) is 10.1. The molecule has 0 atom stereocenters. The molecule has 112 valence electrons. The van der Waals surface area contributed by atoms with Gasteiger partial charge in [-0.15, -0.1) is 0 Å². The molecule has 0 unspecified atom stereocenters. The third-order valence-corrected chi connectivity index (χ3v) is 3.40. The van der Waals surface area contributed by atoms with Crippen LogP contribution < -0.4 is 5.32 Å². The maximum absolute atomic E-state index is 5.52. The van der Waals surface area contributed by atoms with Crippen molar-refractivity contribution in [1.82, 2.24) is 9.97 Å². The second kappa shape index (κ2) is 6.68. The number of hydrogen-bond acceptors (Lipinski definition) is 4. The van der Waals surface area contributed by atoms with Gasteiger partial charge in [0.15, 0.2) is 5.82 Å². The first-order valence-electron chi connectivity index (χ1n) is 7.31. The number of benzene rings is 1. The summed E-state index contributed by atoms with van der Waals surface area (Å²) >= 11 is 0. The van der Waals surface area contributed by atoms with E-state index < -0.39 is 5.60 Å². The predicted octanol–water partition coefficient (Wildman–Crippen LogP) is 3.85. The van der Waals surface area contributed by atoms with Crippen molar-refractivity contribution in [2.45, 2.75) is 32.8 Å². The summed E-state index contributed by atoms with van der Waals surface area (Å²) in [6.45, 7) is 6.96. The summed E-state index contributed by atoms with van der Waals surface area (Å²) in [6, 6.07) is 12.1. The molecule has 21 heavy (non-hydrogen) atoms. The lowest BCUT2D eigenvalue weighted by atomic mass is 10.1. The fourth-order valence-corrected chi connectivity index (χ4v) is 1.91. The molecule has 0 aliphatic heterocycles. The fraction of sp³-hybridized carbons (Fsp3) is 0.412. The van der Waals surface area contributed by atoms with Gasteiger partial charge in [-0.2, -0.15) is 0 Å². The quantitative estimate of drug-likeness (QED) is 0.875. The van der Waals surface area contributed by atoms with Gasteiger partial charge in [0.05, 0.1) is 5.69 Å². The van der Waals surface area contributed by atoms with Crippen molar-refractivity contribution in [1.29, 1.82) is 0 Å². The maximum atomic E-state index is 5.52. The topological polar surface area (TPSA) is 47.0 Å². The number of aromatic nitrogens is 2. The molecule has 2 aromatic rings. The zero-order valence-corrected chi connectivity index (χ0v) is 13.2. The van der Waals surface area contributed by atoms with E-state index >= 15 is 0 Å². The minimum atomic E-state index is -0.520. The highest BCUT2D eigenvalue weighted by molar-refractivity contribution is 5.62. The molecule has 0 aliphatic carbocycles. The summed E-state index contributed by atoms with van der Waals surface area (Å²) in [5.74, 6) is 1.52. The zero-order valence-electron chi connectivity index (χ0n) is 13.2. The van der Waals surface area contributed by atoms with Crippen LogP contribution in [0.4, 0.5) is 5.82 Å². The molecule has 0 saturated carbocycles. The number of methoxy groups -OCH3 is 1. The van der Waals surface area contributed by atoms with Crippen LogP contribution in [-0.4, -0.2) is 23.6 Å². The highest BCUT2D eigenvalue weighted by Crippen LogP contribution is 2.26. The van der Waals surface area contributed by atoms with E-state index in [9.17, 15) is 0 Å². The number of anilines is 1. The number of hydrogen-bond donors (Lipinski definition) is 1. The van der Waals surface area contributed by atoms with Crippen LogP contribution in [0.25, 0.3) is 11.3 Å². The van der Waals surface area contributed by atoms with Crippen LogP contribution in [0, 0.1) is 0 Å². The van der Waals surface area contributed by atoms with Gasteiger partial charge in [-0.1, -0.05) is 37.3 Å². The second-order valence-electron chi connectivity index (χ2n) is 5.47. The molecule has 0 bridgehead atoms. The molecule has 0 fully saturated rings. The van der Waals surface area contributed by atoms with E-state index in [1.54, 1.807) is 7.11 Å². The van der Waals surface area contributed by atoms with Gasteiger partial charge in [-0.3, -0.25) is 0 Å². The molecule has 2 rings (SSSR count). The molecule has 0 radical (unpaired) electrons. The largest absolute Gasteiger partial charge is 0.371 e. The van der Waals surface area contributed by atoms with Crippen LogP contribution in [0.2, 0.25) is 0 Å². The van der Waals surface area contributed by atoms with Gasteiger partial charge in [0.25, 0.3) is 0 Å². The molecule has 0 saturated heterocycles. The molecular weight excluding hydrogens is 262 g/mol. The van der Waals surface area contributed by atoms with Gasteiger partial charge in [0.1, 0.15) is 11.4 Å². The van der Waals surface area contributed by atoms with E-state index in [0.29, 0.717) is 5.82 Å². The van der Waals surface area contributed by atoms with Gasteiger partial charge in [0, 0.05) is 25.3 Å². The van der Waals surface area contributed by atoms with Crippen LogP contribution in [-0.2, 0) is 10.3 Å². The summed E-state index contributed by atoms with van der Waals surface area (Å²) in [6.07, 6.45) is 1.05. The Hall–Kier alpha value is -1.94. The SMILES string of the molecule is CCCNc1cc(-c2ccccc2)nc(C(C)(C)OC)n1. The maximum Gasteiger partial charge on any atom is 0.162 e. The second-order valence-corrected chi connectivity index (χ2v) is 5.47. The highest BCUT2D eigenvalue weighted by Gasteiger charge is 2.24. The first kappa shape index (κ1) is 15.4. The highest BCUT2D eigenvalue weighted by atomic mass is 16.5. The van der Waals surface area contributed by atoms with Gasteiger partial charge < -0.3 is 10.1 Å². The minimum Gasteiger partial charge on any atom is -0.371 e. The molecule has 0 aliphatic rings. The van der Waals surface area contributed by atoms with Crippen molar-refractivity contribution in [3.05, 3.63) is 42.2 Å². The van der Waals surface area contributed by atoms with E-state index in [2.05, 4.69) is 34.3 Å². The smallest absolute Gasteiger partial charge is 0.162 e. The average molecular weight is 285 g/mol. The summed E-state index contributed by atoms with van der Waals surface area (Å²) < 4.78 is 5.52. The zero-order chi connectivity index (χ0) is 15.3. The predicted molar refractivity (Wildman–Crippen MR) is 86.3 cm³/mol. The Morgan fingerprint density at radius 3 is 2.48 bits per heavy atom. The number of rotatable bonds is 6. The van der Waals surface area contributed by atoms with Crippen molar-refractivity contribution in [2.75, 3.05) is 19.0 Å². The van der Waals surface area contributed by atoms with Gasteiger partial charge in [-0.25, -0.2) is 9.97 Å². The molecular formula is C17H23N3O. The van der Waals surface area contributed by atoms with Crippen LogP contribution in [0.15, 0.2) is 36.4 Å². The van der Waals surface area contributed by atoms with Gasteiger partial charge >= 0.3 is 0 Å². The van der Waals surface area contributed by atoms with Gasteiger partial charge in [-0.05, 0) is 20.3 Å². The van der Waals surface area contributed by atoms with E-state index in [0.717, 1.165) is 30.0 Å². The molecule has 4 nitrogen and oxygen atoms in total. The standard InChI is InChI=1S/C17H23N3O/c1-5-11-18-15-12-14(13-9-7-6-8-10-13)19-16(20-15)17(2,3)21-4/h6-10,12H,5,11H2,1-4H3,(H,18,19,20). The van der Waals surface area contributed by atoms with Crippen molar-refractivity contribution < 1.29 is 4.74 Å². The fourth-order valence-electron chi connectivity index (χ4n) is 1.91. The van der Waals surface area contributed by atoms with Crippen LogP contribution >= 0.6 is 0 Å². The monoisotopic (exact) mass is 285 g/mol. The normalized spacial score (nSPS) is 11.4. The Labute approximate surface area is 126 Å². The summed E-state index contributed by atoms with van der Waals surface area (Å²) in [4.78, 5) is 9.27. The molecule has 0 spiro atoms. The Morgan fingerprint density at radius 2 is 1.86 bits per heavy atom. The Bertz CT molecular complexity index is 582. The van der Waals surface area contributed by atoms with Crippen LogP contribution in [0.5, 0.6) is 0 Å². The third-order valence-electron chi connectivity index (χ3n) is 3.40. The Kier molecular flexibility index (Phi) is 4.91. The molecule has 0 amide bonds. The average Bonchev–Trinajstić information content (AvgIpc) is 2.53. The molecule has 4 heteroatoms.